The van der Waals surface area contributed by atoms with Gasteiger partial charge >= 0.3 is 0 Å². The Morgan fingerprint density at radius 1 is 1.18 bits per heavy atom. The molecule has 1 amide bonds. The predicted molar refractivity (Wildman–Crippen MR) is 87.5 cm³/mol. The number of carbonyl (C=O) groups is 2. The lowest BCUT2D eigenvalue weighted by Crippen LogP contribution is -2.32. The Morgan fingerprint density at radius 3 is 2.73 bits per heavy atom. The first-order valence-corrected chi connectivity index (χ1v) is 7.45. The van der Waals surface area contributed by atoms with Gasteiger partial charge < -0.3 is 10.6 Å². The average molecular weight is 315 g/mol. The molecule has 0 radical (unpaired) electrons. The van der Waals surface area contributed by atoms with Gasteiger partial charge in [0.1, 0.15) is 0 Å². The summed E-state index contributed by atoms with van der Waals surface area (Å²) in [4.78, 5) is 26.6. The lowest BCUT2D eigenvalue weighted by molar-refractivity contribution is 0.0974. The van der Waals surface area contributed by atoms with Gasteiger partial charge in [0.25, 0.3) is 5.91 Å². The van der Waals surface area contributed by atoms with E-state index in [9.17, 15) is 9.59 Å². The van der Waals surface area contributed by atoms with Gasteiger partial charge in [-0.3, -0.25) is 9.59 Å². The van der Waals surface area contributed by atoms with E-state index in [2.05, 4.69) is 0 Å². The number of nitrogens with zero attached hydrogens (tertiary/aromatic N) is 1. The highest BCUT2D eigenvalue weighted by atomic mass is 35.5. The van der Waals surface area contributed by atoms with E-state index in [-0.39, 0.29) is 11.7 Å². The van der Waals surface area contributed by atoms with Gasteiger partial charge in [0.15, 0.2) is 5.78 Å². The van der Waals surface area contributed by atoms with Crippen LogP contribution in [0.5, 0.6) is 0 Å². The highest BCUT2D eigenvalue weighted by Gasteiger charge is 2.26. The molecule has 1 aliphatic rings. The number of ketones is 1. The average Bonchev–Trinajstić information content (AvgIpc) is 2.66. The number of hydrogen-bond acceptors (Lipinski definition) is 3. The minimum atomic E-state index is -0.216. The zero-order valence-corrected chi connectivity index (χ0v) is 12.6. The number of benzene rings is 2. The minimum Gasteiger partial charge on any atom is -0.399 e. The molecule has 0 aromatic heterocycles. The summed E-state index contributed by atoms with van der Waals surface area (Å²) < 4.78 is 0. The number of Topliss-reactive ketones (excluding diaryl/α,β-unsaturated/α-hetero) is 1. The Kier molecular flexibility index (Phi) is 3.86. The van der Waals surface area contributed by atoms with Crippen LogP contribution in [-0.2, 0) is 0 Å². The van der Waals surface area contributed by atoms with Gasteiger partial charge in [0.05, 0.1) is 16.3 Å². The molecular weight excluding hydrogens is 300 g/mol. The van der Waals surface area contributed by atoms with Crippen molar-refractivity contribution in [1.82, 2.24) is 0 Å². The first-order chi connectivity index (χ1) is 10.6. The van der Waals surface area contributed by atoms with Crippen molar-refractivity contribution in [3.05, 3.63) is 58.6 Å². The molecule has 2 aromatic rings. The molecule has 1 aliphatic heterocycles. The largest absolute Gasteiger partial charge is 0.399 e. The van der Waals surface area contributed by atoms with E-state index < -0.39 is 0 Å². The third kappa shape index (κ3) is 2.57. The molecule has 22 heavy (non-hydrogen) atoms. The number of hydrogen-bond donors (Lipinski definition) is 1. The summed E-state index contributed by atoms with van der Waals surface area (Å²) in [5, 5.41) is 0.318. The Labute approximate surface area is 133 Å². The normalized spacial score (nSPS) is 14.4. The summed E-state index contributed by atoms with van der Waals surface area (Å²) >= 11 is 6.15. The van der Waals surface area contributed by atoms with Crippen molar-refractivity contribution in [3.63, 3.8) is 0 Å². The van der Waals surface area contributed by atoms with Crippen molar-refractivity contribution >= 4 is 34.7 Å². The molecule has 2 aromatic carbocycles. The van der Waals surface area contributed by atoms with Crippen LogP contribution < -0.4 is 10.6 Å². The molecule has 0 spiro atoms. The lowest BCUT2D eigenvalue weighted by Gasteiger charge is -2.23. The molecule has 0 saturated heterocycles. The molecule has 0 fully saturated rings. The van der Waals surface area contributed by atoms with Crippen molar-refractivity contribution in [2.75, 3.05) is 17.2 Å². The lowest BCUT2D eigenvalue weighted by atomic mass is 10.1. The van der Waals surface area contributed by atoms with Crippen molar-refractivity contribution in [3.8, 4) is 0 Å². The predicted octanol–water partition coefficient (Wildman–Crippen LogP) is 3.55. The quantitative estimate of drug-likeness (QED) is 0.819. The van der Waals surface area contributed by atoms with E-state index in [0.717, 1.165) is 0 Å². The summed E-state index contributed by atoms with van der Waals surface area (Å²) in [6, 6.07) is 12.0. The molecule has 112 valence electrons. The molecule has 0 bridgehead atoms. The van der Waals surface area contributed by atoms with Gasteiger partial charge in [-0.2, -0.15) is 0 Å². The van der Waals surface area contributed by atoms with E-state index in [1.54, 1.807) is 41.3 Å². The number of rotatable bonds is 1. The van der Waals surface area contributed by atoms with Gasteiger partial charge in [-0.25, -0.2) is 0 Å². The second-order valence-electron chi connectivity index (χ2n) is 5.24. The monoisotopic (exact) mass is 314 g/mol. The second kappa shape index (κ2) is 5.81. The number of nitrogen functional groups attached to an aromatic ring is 1. The van der Waals surface area contributed by atoms with Crippen LogP contribution in [0, 0.1) is 0 Å². The number of fused-ring (bicyclic) bond motifs is 1. The summed E-state index contributed by atoms with van der Waals surface area (Å²) in [5.74, 6) is -0.151. The molecule has 5 heteroatoms. The Balaban J connectivity index is 2.05. The molecule has 3 rings (SSSR count). The van der Waals surface area contributed by atoms with Gasteiger partial charge in [-0.1, -0.05) is 23.7 Å². The van der Waals surface area contributed by atoms with Gasteiger partial charge in [0, 0.05) is 24.2 Å². The Morgan fingerprint density at radius 2 is 1.95 bits per heavy atom. The Bertz CT molecular complexity index is 758. The zero-order chi connectivity index (χ0) is 15.7. The fraction of sp³-hybridized carbons (Fsp3) is 0.176. The van der Waals surface area contributed by atoms with Crippen molar-refractivity contribution in [2.45, 2.75) is 12.8 Å². The summed E-state index contributed by atoms with van der Waals surface area (Å²) in [5.41, 5.74) is 7.79. The highest BCUT2D eigenvalue weighted by Crippen LogP contribution is 2.29. The standard InChI is InChI=1S/C17H15ClN2O2/c18-14-10-11(19)7-8-12(14)17(22)20-9-3-6-16(21)13-4-1-2-5-15(13)20/h1-2,4-5,7-8,10H,3,6,9,19H2. The van der Waals surface area contributed by atoms with Gasteiger partial charge in [-0.05, 0) is 36.8 Å². The number of amides is 1. The van der Waals surface area contributed by atoms with E-state index in [4.69, 9.17) is 17.3 Å². The molecule has 0 atom stereocenters. The number of anilines is 2. The van der Waals surface area contributed by atoms with Gasteiger partial charge in [-0.15, -0.1) is 0 Å². The smallest absolute Gasteiger partial charge is 0.259 e. The van der Waals surface area contributed by atoms with Crippen LogP contribution in [-0.4, -0.2) is 18.2 Å². The summed E-state index contributed by atoms with van der Waals surface area (Å²) in [6.45, 7) is 0.488. The van der Waals surface area contributed by atoms with E-state index in [1.165, 1.54) is 0 Å². The fourth-order valence-corrected chi connectivity index (χ4v) is 2.93. The molecule has 0 saturated carbocycles. The molecule has 2 N–H and O–H groups in total. The second-order valence-corrected chi connectivity index (χ2v) is 5.65. The van der Waals surface area contributed by atoms with Crippen LogP contribution in [0.15, 0.2) is 42.5 Å². The molecule has 0 aliphatic carbocycles. The fourth-order valence-electron chi connectivity index (χ4n) is 2.66. The van der Waals surface area contributed by atoms with Crippen LogP contribution in [0.2, 0.25) is 5.02 Å². The third-order valence-corrected chi connectivity index (χ3v) is 4.06. The first-order valence-electron chi connectivity index (χ1n) is 7.07. The highest BCUT2D eigenvalue weighted by molar-refractivity contribution is 6.35. The molecule has 4 nitrogen and oxygen atoms in total. The van der Waals surface area contributed by atoms with Crippen molar-refractivity contribution < 1.29 is 9.59 Å². The van der Waals surface area contributed by atoms with Crippen LogP contribution >= 0.6 is 11.6 Å². The van der Waals surface area contributed by atoms with Gasteiger partial charge in [0.2, 0.25) is 0 Å². The van der Waals surface area contributed by atoms with Crippen molar-refractivity contribution in [2.24, 2.45) is 0 Å². The maximum Gasteiger partial charge on any atom is 0.259 e. The Hall–Kier alpha value is -2.33. The molecule has 1 heterocycles. The van der Waals surface area contributed by atoms with Crippen LogP contribution in [0.4, 0.5) is 11.4 Å². The number of para-hydroxylation sites is 1. The van der Waals surface area contributed by atoms with E-state index in [0.29, 0.717) is 46.9 Å². The minimum absolute atomic E-state index is 0.0642. The number of halogens is 1. The van der Waals surface area contributed by atoms with E-state index in [1.807, 2.05) is 6.07 Å². The third-order valence-electron chi connectivity index (χ3n) is 3.75. The van der Waals surface area contributed by atoms with Crippen LogP contribution in [0.3, 0.4) is 0 Å². The molecular formula is C17H15ClN2O2. The van der Waals surface area contributed by atoms with Crippen molar-refractivity contribution in [1.29, 1.82) is 0 Å². The molecule has 0 unspecified atom stereocenters. The SMILES string of the molecule is Nc1ccc(C(=O)N2CCCC(=O)c3ccccc32)c(Cl)c1. The number of nitrogens with two attached hydrogens (primary N) is 1. The maximum atomic E-state index is 12.8. The topological polar surface area (TPSA) is 63.4 Å². The van der Waals surface area contributed by atoms with Crippen LogP contribution in [0.1, 0.15) is 33.6 Å². The first kappa shape index (κ1) is 14.6. The summed E-state index contributed by atoms with van der Waals surface area (Å²) in [7, 11) is 0. The van der Waals surface area contributed by atoms with E-state index >= 15 is 0 Å². The zero-order valence-electron chi connectivity index (χ0n) is 11.9. The summed E-state index contributed by atoms with van der Waals surface area (Å²) in [6.07, 6.45) is 1.07. The maximum absolute atomic E-state index is 12.8. The van der Waals surface area contributed by atoms with Crippen LogP contribution in [0.25, 0.3) is 0 Å². The number of carbonyl (C=O) groups excluding carboxylic acids is 2.